The minimum Gasteiger partial charge on any atom is -0.0892 e. The van der Waals surface area contributed by atoms with Crippen LogP contribution < -0.4 is 0 Å². The fraction of sp³-hybridized carbons (Fsp3) is 0.333. The van der Waals surface area contributed by atoms with Crippen LogP contribution in [0.2, 0.25) is 0 Å². The highest BCUT2D eigenvalue weighted by atomic mass is 33.1. The summed E-state index contributed by atoms with van der Waals surface area (Å²) in [4.78, 5) is 0. The summed E-state index contributed by atoms with van der Waals surface area (Å²) >= 11 is 0. The predicted molar refractivity (Wildman–Crippen MR) is 43.7 cm³/mol. The van der Waals surface area contributed by atoms with Crippen molar-refractivity contribution in [3.63, 3.8) is 0 Å². The van der Waals surface area contributed by atoms with Gasteiger partial charge in [-0.1, -0.05) is 35.4 Å². The van der Waals surface area contributed by atoms with Crippen LogP contribution in [0.15, 0.2) is 0 Å². The van der Waals surface area contributed by atoms with Crippen molar-refractivity contribution >= 4 is 21.6 Å². The van der Waals surface area contributed by atoms with Gasteiger partial charge in [0.15, 0.2) is 0 Å². The van der Waals surface area contributed by atoms with Crippen LogP contribution in [0.5, 0.6) is 0 Å². The van der Waals surface area contributed by atoms with Gasteiger partial charge in [0.05, 0.1) is 0 Å². The normalized spacial score (nSPS) is 9.75. The minimum atomic E-state index is 0.892. The summed E-state index contributed by atoms with van der Waals surface area (Å²) in [6.07, 6.45) is 1.78. The van der Waals surface area contributed by atoms with Gasteiger partial charge in [0.2, 0.25) is 0 Å². The lowest BCUT2D eigenvalue weighted by Crippen LogP contribution is -1.60. The van der Waals surface area contributed by atoms with Crippen LogP contribution in [-0.4, -0.2) is 0 Å². The van der Waals surface area contributed by atoms with Gasteiger partial charge in [-0.25, -0.2) is 0 Å². The monoisotopic (exact) mass is 146 g/mol. The molecule has 0 aliphatic heterocycles. The number of rotatable bonds is 5. The molecule has 0 amide bonds. The summed E-state index contributed by atoms with van der Waals surface area (Å²) < 4.78 is 0. The van der Waals surface area contributed by atoms with E-state index in [4.69, 9.17) is 0 Å². The van der Waals surface area contributed by atoms with E-state index in [1.54, 1.807) is 21.6 Å². The lowest BCUT2D eigenvalue weighted by Gasteiger charge is -1.92. The van der Waals surface area contributed by atoms with Crippen molar-refractivity contribution < 1.29 is 0 Å². The molecule has 0 saturated carbocycles. The Morgan fingerprint density at radius 3 is 1.62 bits per heavy atom. The molecule has 0 heterocycles. The molecule has 0 aromatic carbocycles. The first-order valence-electron chi connectivity index (χ1n) is 2.45. The fourth-order valence-corrected chi connectivity index (χ4v) is 1.57. The van der Waals surface area contributed by atoms with Crippen LogP contribution in [-0.2, 0) is 0 Å². The van der Waals surface area contributed by atoms with Gasteiger partial charge >= 0.3 is 0 Å². The molecule has 2 heteroatoms. The van der Waals surface area contributed by atoms with E-state index in [9.17, 15) is 0 Å². The summed E-state index contributed by atoms with van der Waals surface area (Å²) in [6, 6.07) is 0. The first kappa shape index (κ1) is 8.70. The Morgan fingerprint density at radius 2 is 1.38 bits per heavy atom. The molecule has 0 aromatic rings. The Balaban J connectivity index is 2.53. The van der Waals surface area contributed by atoms with Gasteiger partial charge in [-0.2, -0.15) is 0 Å². The average Bonchev–Trinajstić information content (AvgIpc) is 1.81. The zero-order valence-electron chi connectivity index (χ0n) is 4.80. The van der Waals surface area contributed by atoms with E-state index < -0.39 is 0 Å². The zero-order chi connectivity index (χ0) is 6.24. The predicted octanol–water partition coefficient (Wildman–Crippen LogP) is 3.14. The molecule has 0 bridgehead atoms. The Bertz CT molecular complexity index is 31.5. The van der Waals surface area contributed by atoms with Gasteiger partial charge in [0, 0.05) is 11.5 Å². The maximum atomic E-state index is 3.66. The summed E-state index contributed by atoms with van der Waals surface area (Å²) in [6.45, 7) is 7.33. The van der Waals surface area contributed by atoms with Crippen molar-refractivity contribution in [1.29, 1.82) is 0 Å². The third kappa shape index (κ3) is 6.70. The number of hydrogen-bond donors (Lipinski definition) is 0. The maximum Gasteiger partial charge on any atom is 0.0278 e. The Kier molecular flexibility index (Phi) is 8.37. The first-order chi connectivity index (χ1) is 3.91. The Labute approximate surface area is 60.2 Å². The summed E-state index contributed by atoms with van der Waals surface area (Å²) in [5, 5.41) is 0. The van der Waals surface area contributed by atoms with Crippen LogP contribution >= 0.6 is 21.6 Å². The van der Waals surface area contributed by atoms with Crippen molar-refractivity contribution in [2.45, 2.75) is 12.8 Å². The molecular weight excluding hydrogens is 136 g/mol. The smallest absolute Gasteiger partial charge is 0.0278 e. The van der Waals surface area contributed by atoms with Crippen molar-refractivity contribution in [3.05, 3.63) is 25.4 Å². The molecule has 0 aromatic heterocycles. The van der Waals surface area contributed by atoms with E-state index in [1.165, 1.54) is 0 Å². The largest absolute Gasteiger partial charge is 0.0892 e. The molecule has 0 atom stereocenters. The molecule has 0 spiro atoms. The molecule has 0 saturated heterocycles. The lowest BCUT2D eigenvalue weighted by molar-refractivity contribution is 1.37. The Morgan fingerprint density at radius 1 is 1.00 bits per heavy atom. The quantitative estimate of drug-likeness (QED) is 0.431. The van der Waals surface area contributed by atoms with Gasteiger partial charge in [0.25, 0.3) is 0 Å². The van der Waals surface area contributed by atoms with Gasteiger partial charge in [0.1, 0.15) is 0 Å². The third-order valence-electron chi connectivity index (χ3n) is 0.427. The zero-order valence-corrected chi connectivity index (χ0v) is 6.43. The summed E-state index contributed by atoms with van der Waals surface area (Å²) in [5.74, 6) is 4.13. The Hall–Kier alpha value is 0.700. The number of hydrogen-bond acceptors (Lipinski definition) is 2. The molecule has 8 heavy (non-hydrogen) atoms. The van der Waals surface area contributed by atoms with Crippen molar-refractivity contribution in [2.24, 2.45) is 0 Å². The molecule has 0 unspecified atom stereocenters. The second-order valence-electron chi connectivity index (χ2n) is 1.10. The SMILES string of the molecule is [CH2]C[CH]SS[CH]C[CH2]. The fourth-order valence-electron chi connectivity index (χ4n) is 0.175. The average molecular weight is 146 g/mol. The van der Waals surface area contributed by atoms with Crippen LogP contribution in [0, 0.1) is 25.4 Å². The maximum absolute atomic E-state index is 3.66. The van der Waals surface area contributed by atoms with Crippen LogP contribution in [0.3, 0.4) is 0 Å². The van der Waals surface area contributed by atoms with Crippen molar-refractivity contribution in [2.75, 3.05) is 0 Å². The second kappa shape index (κ2) is 7.70. The van der Waals surface area contributed by atoms with Gasteiger partial charge in [-0.15, -0.1) is 0 Å². The molecular formula is C6H10S2. The van der Waals surface area contributed by atoms with Gasteiger partial charge < -0.3 is 0 Å². The van der Waals surface area contributed by atoms with E-state index in [0.717, 1.165) is 12.8 Å². The molecule has 0 N–H and O–H groups in total. The van der Waals surface area contributed by atoms with E-state index in [-0.39, 0.29) is 0 Å². The molecule has 0 nitrogen and oxygen atoms in total. The van der Waals surface area contributed by atoms with E-state index in [1.807, 2.05) is 0 Å². The third-order valence-corrected chi connectivity index (χ3v) is 2.43. The van der Waals surface area contributed by atoms with Gasteiger partial charge in [-0.05, 0) is 12.8 Å². The second-order valence-corrected chi connectivity index (χ2v) is 3.31. The van der Waals surface area contributed by atoms with Crippen LogP contribution in [0.4, 0.5) is 0 Å². The lowest BCUT2D eigenvalue weighted by atomic mass is 10.6. The molecule has 0 aliphatic carbocycles. The molecule has 0 aliphatic rings. The molecule has 46 valence electrons. The van der Waals surface area contributed by atoms with Crippen LogP contribution in [0.1, 0.15) is 12.8 Å². The summed E-state index contributed by atoms with van der Waals surface area (Å²) in [5.41, 5.74) is 0. The van der Waals surface area contributed by atoms with Crippen LogP contribution in [0.25, 0.3) is 0 Å². The highest BCUT2D eigenvalue weighted by molar-refractivity contribution is 8.78. The molecule has 0 rings (SSSR count). The highest BCUT2D eigenvalue weighted by Crippen LogP contribution is 2.28. The van der Waals surface area contributed by atoms with Gasteiger partial charge in [-0.3, -0.25) is 0 Å². The molecule has 0 fully saturated rings. The summed E-state index contributed by atoms with van der Waals surface area (Å²) in [7, 11) is 3.42. The first-order valence-corrected chi connectivity index (χ1v) is 4.73. The standard InChI is InChI=1S/C6H10S2/c1-3-5-7-8-6-4-2/h5-6H,1-4H2. The minimum absolute atomic E-state index is 0.892. The van der Waals surface area contributed by atoms with Crippen molar-refractivity contribution in [1.82, 2.24) is 0 Å². The topological polar surface area (TPSA) is 0 Å². The highest BCUT2D eigenvalue weighted by Gasteiger charge is 1.85. The molecule has 4 radical (unpaired) electrons. The van der Waals surface area contributed by atoms with E-state index in [2.05, 4.69) is 25.4 Å². The van der Waals surface area contributed by atoms with E-state index in [0.29, 0.717) is 0 Å². The van der Waals surface area contributed by atoms with Crippen molar-refractivity contribution in [3.8, 4) is 0 Å². The van der Waals surface area contributed by atoms with E-state index >= 15 is 0 Å².